The molecule has 152 valence electrons. The number of anilines is 1. The van der Waals surface area contributed by atoms with Gasteiger partial charge in [-0.05, 0) is 66.6 Å². The van der Waals surface area contributed by atoms with Crippen molar-refractivity contribution >= 4 is 45.9 Å². The standard InChI is InChI=1S/C23H18Cl2N2O3/c1-14-10-16(24)4-8-20(14)29-13-22(28)26-18-6-2-15(3-7-18)11-23-27-19-12-17(25)5-9-21(19)30-23/h2-10,12H,11,13H2,1H3,(H,26,28). The minimum Gasteiger partial charge on any atom is -0.483 e. The van der Waals surface area contributed by atoms with Crippen LogP contribution in [0.5, 0.6) is 5.75 Å². The minimum absolute atomic E-state index is 0.0876. The van der Waals surface area contributed by atoms with Crippen LogP contribution in [0.4, 0.5) is 5.69 Å². The molecule has 0 saturated heterocycles. The Morgan fingerprint density at radius 3 is 2.53 bits per heavy atom. The molecule has 5 nitrogen and oxygen atoms in total. The van der Waals surface area contributed by atoms with Gasteiger partial charge >= 0.3 is 0 Å². The number of amides is 1. The fraction of sp³-hybridized carbons (Fsp3) is 0.130. The normalized spacial score (nSPS) is 10.9. The summed E-state index contributed by atoms with van der Waals surface area (Å²) >= 11 is 11.9. The van der Waals surface area contributed by atoms with Crippen LogP contribution >= 0.6 is 23.2 Å². The predicted molar refractivity (Wildman–Crippen MR) is 119 cm³/mol. The second-order valence-corrected chi connectivity index (χ2v) is 7.71. The Kier molecular flexibility index (Phi) is 5.93. The lowest BCUT2D eigenvalue weighted by Gasteiger charge is -2.10. The van der Waals surface area contributed by atoms with Gasteiger partial charge < -0.3 is 14.5 Å². The van der Waals surface area contributed by atoms with Gasteiger partial charge in [-0.25, -0.2) is 4.98 Å². The van der Waals surface area contributed by atoms with Crippen molar-refractivity contribution in [2.24, 2.45) is 0 Å². The Morgan fingerprint density at radius 2 is 1.77 bits per heavy atom. The van der Waals surface area contributed by atoms with Gasteiger partial charge in [-0.15, -0.1) is 0 Å². The van der Waals surface area contributed by atoms with Gasteiger partial charge in [-0.1, -0.05) is 35.3 Å². The van der Waals surface area contributed by atoms with Crippen molar-refractivity contribution in [1.29, 1.82) is 0 Å². The summed E-state index contributed by atoms with van der Waals surface area (Å²) in [5, 5.41) is 4.07. The van der Waals surface area contributed by atoms with Crippen LogP contribution in [0, 0.1) is 6.92 Å². The number of ether oxygens (including phenoxy) is 1. The van der Waals surface area contributed by atoms with Crippen LogP contribution in [-0.2, 0) is 11.2 Å². The molecule has 0 saturated carbocycles. The number of nitrogens with zero attached hydrogens (tertiary/aromatic N) is 1. The average molecular weight is 441 g/mol. The molecule has 1 heterocycles. The number of rotatable bonds is 6. The number of hydrogen-bond acceptors (Lipinski definition) is 4. The van der Waals surface area contributed by atoms with Gasteiger partial charge in [0.1, 0.15) is 11.3 Å². The molecule has 0 radical (unpaired) electrons. The molecule has 1 N–H and O–H groups in total. The first-order chi connectivity index (χ1) is 14.5. The maximum Gasteiger partial charge on any atom is 0.262 e. The second-order valence-electron chi connectivity index (χ2n) is 6.84. The molecule has 0 unspecified atom stereocenters. The maximum absolute atomic E-state index is 12.2. The highest BCUT2D eigenvalue weighted by Crippen LogP contribution is 2.23. The molecule has 0 aliphatic heterocycles. The topological polar surface area (TPSA) is 64.4 Å². The number of hydrogen-bond donors (Lipinski definition) is 1. The van der Waals surface area contributed by atoms with E-state index in [1.165, 1.54) is 0 Å². The maximum atomic E-state index is 12.2. The van der Waals surface area contributed by atoms with Crippen LogP contribution in [0.2, 0.25) is 10.0 Å². The predicted octanol–water partition coefficient (Wildman–Crippen LogP) is 6.05. The summed E-state index contributed by atoms with van der Waals surface area (Å²) in [6.45, 7) is 1.79. The van der Waals surface area contributed by atoms with E-state index in [2.05, 4.69) is 10.3 Å². The van der Waals surface area contributed by atoms with Crippen LogP contribution in [0.15, 0.2) is 65.1 Å². The molecule has 0 fully saturated rings. The van der Waals surface area contributed by atoms with Gasteiger partial charge in [0, 0.05) is 22.2 Å². The van der Waals surface area contributed by atoms with Gasteiger partial charge in [0.25, 0.3) is 5.91 Å². The van der Waals surface area contributed by atoms with E-state index >= 15 is 0 Å². The van der Waals surface area contributed by atoms with Crippen molar-refractivity contribution in [2.45, 2.75) is 13.3 Å². The quantitative estimate of drug-likeness (QED) is 0.396. The SMILES string of the molecule is Cc1cc(Cl)ccc1OCC(=O)Nc1ccc(Cc2nc3cc(Cl)ccc3o2)cc1. The fourth-order valence-corrected chi connectivity index (χ4v) is 3.41. The van der Waals surface area contributed by atoms with E-state index in [0.29, 0.717) is 39.4 Å². The van der Waals surface area contributed by atoms with Gasteiger partial charge in [0.2, 0.25) is 0 Å². The molecule has 1 amide bonds. The lowest BCUT2D eigenvalue weighted by Crippen LogP contribution is -2.20. The number of aryl methyl sites for hydroxylation is 1. The van der Waals surface area contributed by atoms with Crippen LogP contribution in [0.25, 0.3) is 11.1 Å². The zero-order valence-electron chi connectivity index (χ0n) is 16.1. The first-order valence-electron chi connectivity index (χ1n) is 9.29. The summed E-state index contributed by atoms with van der Waals surface area (Å²) < 4.78 is 11.3. The molecule has 1 aromatic heterocycles. The third kappa shape index (κ3) is 4.93. The van der Waals surface area contributed by atoms with Gasteiger partial charge in [-0.3, -0.25) is 4.79 Å². The van der Waals surface area contributed by atoms with E-state index in [-0.39, 0.29) is 12.5 Å². The van der Waals surface area contributed by atoms with Gasteiger partial charge in [-0.2, -0.15) is 0 Å². The van der Waals surface area contributed by atoms with Crippen molar-refractivity contribution in [3.05, 3.63) is 87.7 Å². The number of carbonyl (C=O) groups excluding carboxylic acids is 1. The van der Waals surface area contributed by atoms with Crippen LogP contribution < -0.4 is 10.1 Å². The number of oxazole rings is 1. The second kappa shape index (κ2) is 8.78. The van der Waals surface area contributed by atoms with E-state index in [0.717, 1.165) is 16.6 Å². The minimum atomic E-state index is -0.243. The van der Waals surface area contributed by atoms with Crippen LogP contribution in [0.1, 0.15) is 17.0 Å². The molecule has 30 heavy (non-hydrogen) atoms. The first-order valence-corrected chi connectivity index (χ1v) is 10.0. The molecule has 0 aliphatic carbocycles. The largest absolute Gasteiger partial charge is 0.483 e. The molecule has 0 bridgehead atoms. The lowest BCUT2D eigenvalue weighted by molar-refractivity contribution is -0.118. The van der Waals surface area contributed by atoms with E-state index in [4.69, 9.17) is 32.4 Å². The molecule has 0 aliphatic rings. The third-order valence-corrected chi connectivity index (χ3v) is 4.95. The molecule has 3 aromatic carbocycles. The number of aromatic nitrogens is 1. The van der Waals surface area contributed by atoms with E-state index in [9.17, 15) is 4.79 Å². The number of fused-ring (bicyclic) bond motifs is 1. The van der Waals surface area contributed by atoms with E-state index in [1.807, 2.05) is 31.2 Å². The zero-order chi connectivity index (χ0) is 21.1. The number of carbonyl (C=O) groups is 1. The molecular weight excluding hydrogens is 423 g/mol. The van der Waals surface area contributed by atoms with Crippen molar-refractivity contribution < 1.29 is 13.9 Å². The Hall–Kier alpha value is -3.02. The number of nitrogens with one attached hydrogen (secondary N) is 1. The highest BCUT2D eigenvalue weighted by Gasteiger charge is 2.09. The van der Waals surface area contributed by atoms with Gasteiger partial charge in [0.15, 0.2) is 18.1 Å². The summed E-state index contributed by atoms with van der Waals surface area (Å²) in [6.07, 6.45) is 0.541. The Labute approximate surface area is 183 Å². The molecule has 0 atom stereocenters. The summed E-state index contributed by atoms with van der Waals surface area (Å²) in [7, 11) is 0. The molecule has 4 aromatic rings. The van der Waals surface area contributed by atoms with Crippen molar-refractivity contribution in [2.75, 3.05) is 11.9 Å². The van der Waals surface area contributed by atoms with Crippen molar-refractivity contribution in [3.8, 4) is 5.75 Å². The molecule has 0 spiro atoms. The smallest absolute Gasteiger partial charge is 0.262 e. The summed E-state index contributed by atoms with van der Waals surface area (Å²) in [5.41, 5.74) is 4.01. The highest BCUT2D eigenvalue weighted by molar-refractivity contribution is 6.31. The molecule has 4 rings (SSSR count). The van der Waals surface area contributed by atoms with Gasteiger partial charge in [0.05, 0.1) is 0 Å². The molecule has 7 heteroatoms. The van der Waals surface area contributed by atoms with E-state index in [1.54, 1.807) is 36.4 Å². The number of halogens is 2. The monoisotopic (exact) mass is 440 g/mol. The summed E-state index contributed by atoms with van der Waals surface area (Å²) in [5.74, 6) is 0.994. The molecular formula is C23H18Cl2N2O3. The summed E-state index contributed by atoms with van der Waals surface area (Å²) in [6, 6.07) is 18.1. The Bertz CT molecular complexity index is 1200. The summed E-state index contributed by atoms with van der Waals surface area (Å²) in [4.78, 5) is 16.6. The van der Waals surface area contributed by atoms with E-state index < -0.39 is 0 Å². The fourth-order valence-electron chi connectivity index (χ4n) is 3.02. The van der Waals surface area contributed by atoms with Crippen molar-refractivity contribution in [3.63, 3.8) is 0 Å². The lowest BCUT2D eigenvalue weighted by atomic mass is 10.1. The number of benzene rings is 3. The Morgan fingerprint density at radius 1 is 1.03 bits per heavy atom. The average Bonchev–Trinajstić information content (AvgIpc) is 3.10. The highest BCUT2D eigenvalue weighted by atomic mass is 35.5. The van der Waals surface area contributed by atoms with Crippen molar-refractivity contribution in [1.82, 2.24) is 4.98 Å². The first kappa shape index (κ1) is 20.3. The van der Waals surface area contributed by atoms with Crippen LogP contribution in [-0.4, -0.2) is 17.5 Å². The zero-order valence-corrected chi connectivity index (χ0v) is 17.6. The van der Waals surface area contributed by atoms with Crippen LogP contribution in [0.3, 0.4) is 0 Å². The third-order valence-electron chi connectivity index (χ3n) is 4.48. The Balaban J connectivity index is 1.34.